The molecule has 124 valence electrons. The van der Waals surface area contributed by atoms with E-state index in [1.165, 1.54) is 12.1 Å². The summed E-state index contributed by atoms with van der Waals surface area (Å²) in [6.45, 7) is 4.05. The molecule has 0 aliphatic heterocycles. The lowest BCUT2D eigenvalue weighted by Crippen LogP contribution is -2.31. The molecule has 0 unspecified atom stereocenters. The highest BCUT2D eigenvalue weighted by molar-refractivity contribution is 7.10. The number of carbonyl (C=O) groups is 1. The zero-order valence-corrected chi connectivity index (χ0v) is 14.0. The van der Waals surface area contributed by atoms with Crippen molar-refractivity contribution < 1.29 is 9.72 Å². The summed E-state index contributed by atoms with van der Waals surface area (Å²) in [7, 11) is 0. The van der Waals surface area contributed by atoms with Gasteiger partial charge >= 0.3 is 0 Å². The van der Waals surface area contributed by atoms with E-state index in [0.717, 1.165) is 4.88 Å². The van der Waals surface area contributed by atoms with Crippen molar-refractivity contribution in [3.8, 4) is 0 Å². The van der Waals surface area contributed by atoms with Gasteiger partial charge in [0.2, 0.25) is 0 Å². The summed E-state index contributed by atoms with van der Waals surface area (Å²) in [5, 5.41) is 23.1. The van der Waals surface area contributed by atoms with Crippen molar-refractivity contribution in [3.63, 3.8) is 0 Å². The van der Waals surface area contributed by atoms with Gasteiger partial charge in [-0.1, -0.05) is 19.9 Å². The topological polar surface area (TPSA) is 101 Å². The number of carbonyl (C=O) groups excluding carboxylic acids is 1. The molecule has 0 aliphatic rings. The molecule has 2 aromatic heterocycles. The molecule has 1 amide bonds. The lowest BCUT2D eigenvalue weighted by Gasteiger charge is -2.20. The Morgan fingerprint density at radius 3 is 2.79 bits per heavy atom. The number of hydrogen-bond acceptors (Lipinski definition) is 5. The van der Waals surface area contributed by atoms with E-state index < -0.39 is 4.92 Å². The molecule has 0 aliphatic carbocycles. The third-order valence-electron chi connectivity index (χ3n) is 3.78. The zero-order chi connectivity index (χ0) is 17.3. The number of thiophene rings is 1. The van der Waals surface area contributed by atoms with E-state index in [9.17, 15) is 14.9 Å². The number of fused-ring (bicyclic) bond motifs is 1. The third kappa shape index (κ3) is 3.00. The molecule has 24 heavy (non-hydrogen) atoms. The molecule has 7 nitrogen and oxygen atoms in total. The fraction of sp³-hybridized carbons (Fsp3) is 0.250. The number of amides is 1. The first kappa shape index (κ1) is 16.1. The summed E-state index contributed by atoms with van der Waals surface area (Å²) in [6, 6.07) is 8.07. The first-order valence-electron chi connectivity index (χ1n) is 7.44. The molecule has 0 radical (unpaired) electrons. The highest BCUT2D eigenvalue weighted by atomic mass is 32.1. The lowest BCUT2D eigenvalue weighted by atomic mass is 10.0. The maximum atomic E-state index is 12.7. The van der Waals surface area contributed by atoms with Crippen molar-refractivity contribution in [1.82, 2.24) is 15.5 Å². The predicted octanol–water partition coefficient (Wildman–Crippen LogP) is 3.66. The van der Waals surface area contributed by atoms with Crippen molar-refractivity contribution in [2.45, 2.75) is 19.9 Å². The van der Waals surface area contributed by atoms with Crippen LogP contribution in [0.1, 0.15) is 35.3 Å². The minimum atomic E-state index is -0.489. The normalized spacial score (nSPS) is 12.5. The maximum absolute atomic E-state index is 12.7. The highest BCUT2D eigenvalue weighted by Crippen LogP contribution is 2.27. The molecular weight excluding hydrogens is 328 g/mol. The molecule has 0 spiro atoms. The van der Waals surface area contributed by atoms with Crippen LogP contribution >= 0.6 is 11.3 Å². The molecule has 0 fully saturated rings. The third-order valence-corrected chi connectivity index (χ3v) is 4.73. The fourth-order valence-corrected chi connectivity index (χ4v) is 3.48. The van der Waals surface area contributed by atoms with Crippen LogP contribution in [0.3, 0.4) is 0 Å². The number of benzene rings is 1. The van der Waals surface area contributed by atoms with Gasteiger partial charge < -0.3 is 5.32 Å². The van der Waals surface area contributed by atoms with Gasteiger partial charge in [0.15, 0.2) is 5.69 Å². The van der Waals surface area contributed by atoms with Gasteiger partial charge in [-0.2, -0.15) is 5.10 Å². The van der Waals surface area contributed by atoms with Crippen LogP contribution in [0.4, 0.5) is 5.69 Å². The number of non-ortho nitro benzene ring substituents is 1. The molecular formula is C16H16N4O3S. The molecule has 2 N–H and O–H groups in total. The van der Waals surface area contributed by atoms with Crippen LogP contribution in [0.25, 0.3) is 10.9 Å². The minimum absolute atomic E-state index is 0.0726. The Labute approximate surface area is 141 Å². The van der Waals surface area contributed by atoms with Crippen LogP contribution in [-0.2, 0) is 0 Å². The Kier molecular flexibility index (Phi) is 4.30. The fourth-order valence-electron chi connectivity index (χ4n) is 2.53. The first-order valence-corrected chi connectivity index (χ1v) is 8.32. The van der Waals surface area contributed by atoms with E-state index in [0.29, 0.717) is 10.9 Å². The Bertz CT molecular complexity index is 886. The van der Waals surface area contributed by atoms with Gasteiger partial charge in [0.1, 0.15) is 0 Å². The summed E-state index contributed by atoms with van der Waals surface area (Å²) in [4.78, 5) is 24.2. The molecule has 3 rings (SSSR count). The molecule has 0 saturated carbocycles. The summed E-state index contributed by atoms with van der Waals surface area (Å²) < 4.78 is 0. The Morgan fingerprint density at radius 2 is 2.17 bits per heavy atom. The van der Waals surface area contributed by atoms with E-state index in [1.807, 2.05) is 31.4 Å². The number of hydrogen-bond donors (Lipinski definition) is 2. The number of nitro groups is 1. The van der Waals surface area contributed by atoms with Gasteiger partial charge in [0.05, 0.1) is 16.5 Å². The lowest BCUT2D eigenvalue weighted by molar-refractivity contribution is -0.384. The van der Waals surface area contributed by atoms with Crippen LogP contribution in [0.5, 0.6) is 0 Å². The number of nitrogens with zero attached hydrogens (tertiary/aromatic N) is 2. The van der Waals surface area contributed by atoms with Gasteiger partial charge in [-0.3, -0.25) is 20.0 Å². The van der Waals surface area contributed by atoms with Crippen LogP contribution in [0.2, 0.25) is 0 Å². The second-order valence-corrected chi connectivity index (χ2v) is 6.75. The molecule has 0 saturated heterocycles. The highest BCUT2D eigenvalue weighted by Gasteiger charge is 2.23. The van der Waals surface area contributed by atoms with Crippen molar-refractivity contribution in [1.29, 1.82) is 0 Å². The number of H-pyrrole nitrogens is 1. The van der Waals surface area contributed by atoms with Crippen LogP contribution in [0, 0.1) is 16.0 Å². The van der Waals surface area contributed by atoms with E-state index in [-0.39, 0.29) is 29.2 Å². The molecule has 0 bridgehead atoms. The number of rotatable bonds is 5. The summed E-state index contributed by atoms with van der Waals surface area (Å²) in [5.41, 5.74) is 0.676. The molecule has 3 aromatic rings. The summed E-state index contributed by atoms with van der Waals surface area (Å²) in [6.07, 6.45) is 0. The van der Waals surface area contributed by atoms with Crippen molar-refractivity contribution in [2.75, 3.05) is 0 Å². The van der Waals surface area contributed by atoms with Crippen LogP contribution in [-0.4, -0.2) is 21.0 Å². The van der Waals surface area contributed by atoms with Crippen molar-refractivity contribution >= 4 is 33.8 Å². The van der Waals surface area contributed by atoms with Crippen molar-refractivity contribution in [2.24, 2.45) is 5.92 Å². The summed E-state index contributed by atoms with van der Waals surface area (Å²) in [5.74, 6) is -0.152. The van der Waals surface area contributed by atoms with E-state index >= 15 is 0 Å². The maximum Gasteiger partial charge on any atom is 0.272 e. The number of nitro benzene ring substituents is 1. The predicted molar refractivity (Wildman–Crippen MR) is 92.1 cm³/mol. The molecule has 2 heterocycles. The van der Waals surface area contributed by atoms with Gasteiger partial charge in [-0.25, -0.2) is 0 Å². The monoisotopic (exact) mass is 344 g/mol. The van der Waals surface area contributed by atoms with E-state index in [2.05, 4.69) is 15.5 Å². The molecule has 1 atom stereocenters. The smallest absolute Gasteiger partial charge is 0.272 e. The standard InChI is InChI=1S/C16H16N4O3S/c1-9(2)14(13-4-3-7-24-13)17-16(21)15-11-8-10(20(22)23)5-6-12(11)18-19-15/h3-9,14H,1-2H3,(H,17,21)(H,18,19)/t14-/m0/s1. The average Bonchev–Trinajstić information content (AvgIpc) is 3.20. The minimum Gasteiger partial charge on any atom is -0.343 e. The number of nitrogens with one attached hydrogen (secondary N) is 2. The summed E-state index contributed by atoms with van der Waals surface area (Å²) >= 11 is 1.58. The first-order chi connectivity index (χ1) is 11.5. The molecule has 8 heteroatoms. The van der Waals surface area contributed by atoms with Gasteiger partial charge in [-0.05, 0) is 23.4 Å². The van der Waals surface area contributed by atoms with Gasteiger partial charge in [0, 0.05) is 22.4 Å². The van der Waals surface area contributed by atoms with Gasteiger partial charge in [-0.15, -0.1) is 11.3 Å². The number of aromatic amines is 1. The Hall–Kier alpha value is -2.74. The Balaban J connectivity index is 1.93. The van der Waals surface area contributed by atoms with E-state index in [1.54, 1.807) is 17.4 Å². The van der Waals surface area contributed by atoms with Crippen molar-refractivity contribution in [3.05, 3.63) is 56.4 Å². The number of aromatic nitrogens is 2. The molecule has 1 aromatic carbocycles. The SMILES string of the molecule is CC(C)[C@H](NC(=O)c1n[nH]c2ccc([N+](=O)[O-])cc12)c1cccs1. The Morgan fingerprint density at radius 1 is 1.38 bits per heavy atom. The van der Waals surface area contributed by atoms with E-state index in [4.69, 9.17) is 0 Å². The van der Waals surface area contributed by atoms with Gasteiger partial charge in [0.25, 0.3) is 11.6 Å². The quantitative estimate of drug-likeness (QED) is 0.545. The zero-order valence-electron chi connectivity index (χ0n) is 13.1. The second-order valence-electron chi connectivity index (χ2n) is 5.77. The largest absolute Gasteiger partial charge is 0.343 e. The average molecular weight is 344 g/mol. The van der Waals surface area contributed by atoms with Crippen LogP contribution in [0.15, 0.2) is 35.7 Å². The second kappa shape index (κ2) is 6.40. The van der Waals surface area contributed by atoms with Crippen LogP contribution < -0.4 is 5.32 Å².